The zero-order valence-corrected chi connectivity index (χ0v) is 17.8. The number of carbonyl (C=O) groups excluding carboxylic acids is 1. The number of carbonyl (C=O) groups is 1. The Morgan fingerprint density at radius 2 is 1.90 bits per heavy atom. The summed E-state index contributed by atoms with van der Waals surface area (Å²) < 4.78 is 32.6. The van der Waals surface area contributed by atoms with E-state index in [1.54, 1.807) is 24.3 Å². The van der Waals surface area contributed by atoms with Gasteiger partial charge in [-0.3, -0.25) is 4.79 Å². The van der Waals surface area contributed by atoms with Crippen LogP contribution in [0.15, 0.2) is 53.4 Å². The van der Waals surface area contributed by atoms with Crippen molar-refractivity contribution in [3.63, 3.8) is 0 Å². The van der Waals surface area contributed by atoms with E-state index in [2.05, 4.69) is 11.2 Å². The number of amides is 1. The van der Waals surface area contributed by atoms with Crippen LogP contribution in [0.1, 0.15) is 24.0 Å². The molecule has 1 aliphatic rings. The van der Waals surface area contributed by atoms with Gasteiger partial charge >= 0.3 is 0 Å². The molecule has 0 saturated carbocycles. The molecule has 0 bridgehead atoms. The number of hydrogen-bond donors (Lipinski definition) is 1. The molecule has 0 aromatic heterocycles. The van der Waals surface area contributed by atoms with Crippen LogP contribution in [-0.2, 0) is 21.2 Å². The normalized spacial score (nSPS) is 16.7. The van der Waals surface area contributed by atoms with Crippen LogP contribution in [0.3, 0.4) is 0 Å². The van der Waals surface area contributed by atoms with Crippen molar-refractivity contribution in [3.05, 3.63) is 59.7 Å². The minimum atomic E-state index is -3.69. The number of aryl methyl sites for hydroxylation is 1. The molecule has 2 aromatic rings. The molecule has 1 saturated heterocycles. The SMILES string of the molecule is C#CCOc1ccc(CCNC(=O)[C@@H]2CCCN2S(=O)(=O)c2ccc(C)cc2)cc1. The largest absolute Gasteiger partial charge is 0.481 e. The molecule has 6 nitrogen and oxygen atoms in total. The first-order valence-corrected chi connectivity index (χ1v) is 11.4. The van der Waals surface area contributed by atoms with Crippen molar-refractivity contribution in [1.29, 1.82) is 0 Å². The molecule has 3 rings (SSSR count). The Morgan fingerprint density at radius 1 is 1.20 bits per heavy atom. The maximum atomic E-state index is 13.0. The molecular weight excluding hydrogens is 400 g/mol. The number of rotatable bonds is 8. The lowest BCUT2D eigenvalue weighted by Crippen LogP contribution is -2.46. The number of nitrogens with zero attached hydrogens (tertiary/aromatic N) is 1. The zero-order valence-electron chi connectivity index (χ0n) is 17.0. The highest BCUT2D eigenvalue weighted by molar-refractivity contribution is 7.89. The topological polar surface area (TPSA) is 75.7 Å². The van der Waals surface area contributed by atoms with E-state index in [0.717, 1.165) is 11.1 Å². The smallest absolute Gasteiger partial charge is 0.243 e. The van der Waals surface area contributed by atoms with Gasteiger partial charge in [-0.2, -0.15) is 4.31 Å². The first kappa shape index (κ1) is 21.9. The predicted molar refractivity (Wildman–Crippen MR) is 116 cm³/mol. The monoisotopic (exact) mass is 426 g/mol. The minimum absolute atomic E-state index is 0.221. The van der Waals surface area contributed by atoms with Gasteiger partial charge in [-0.05, 0) is 56.0 Å². The van der Waals surface area contributed by atoms with E-state index < -0.39 is 16.1 Å². The number of sulfonamides is 1. The van der Waals surface area contributed by atoms with E-state index >= 15 is 0 Å². The molecule has 1 atom stereocenters. The van der Waals surface area contributed by atoms with E-state index in [1.807, 2.05) is 31.2 Å². The van der Waals surface area contributed by atoms with Crippen LogP contribution in [0, 0.1) is 19.3 Å². The Hall–Kier alpha value is -2.82. The highest BCUT2D eigenvalue weighted by Gasteiger charge is 2.39. The summed E-state index contributed by atoms with van der Waals surface area (Å²) in [5, 5.41) is 2.88. The molecule has 0 spiro atoms. The number of benzene rings is 2. The third-order valence-electron chi connectivity index (χ3n) is 5.09. The Morgan fingerprint density at radius 3 is 2.57 bits per heavy atom. The number of terminal acetylenes is 1. The summed E-state index contributed by atoms with van der Waals surface area (Å²) in [6.07, 6.45) is 7.00. The second-order valence-corrected chi connectivity index (χ2v) is 9.16. The average molecular weight is 427 g/mol. The minimum Gasteiger partial charge on any atom is -0.481 e. The van der Waals surface area contributed by atoms with E-state index in [4.69, 9.17) is 11.2 Å². The van der Waals surface area contributed by atoms with Gasteiger partial charge < -0.3 is 10.1 Å². The molecule has 1 aliphatic heterocycles. The molecule has 0 aliphatic carbocycles. The van der Waals surface area contributed by atoms with E-state index in [9.17, 15) is 13.2 Å². The van der Waals surface area contributed by atoms with Gasteiger partial charge in [-0.15, -0.1) is 6.42 Å². The quantitative estimate of drug-likeness (QED) is 0.658. The summed E-state index contributed by atoms with van der Waals surface area (Å²) in [6.45, 7) is 2.91. The summed E-state index contributed by atoms with van der Waals surface area (Å²) in [4.78, 5) is 12.9. The lowest BCUT2D eigenvalue weighted by atomic mass is 10.1. The lowest BCUT2D eigenvalue weighted by molar-refractivity contribution is -0.124. The molecule has 1 fully saturated rings. The van der Waals surface area contributed by atoms with Gasteiger partial charge in [-0.25, -0.2) is 8.42 Å². The number of nitrogens with one attached hydrogen (secondary N) is 1. The summed E-state index contributed by atoms with van der Waals surface area (Å²) in [5.74, 6) is 2.86. The fourth-order valence-electron chi connectivity index (χ4n) is 3.46. The van der Waals surface area contributed by atoms with Crippen molar-refractivity contribution in [2.24, 2.45) is 0 Å². The van der Waals surface area contributed by atoms with Gasteiger partial charge in [0, 0.05) is 13.1 Å². The summed E-state index contributed by atoms with van der Waals surface area (Å²) in [7, 11) is -3.69. The van der Waals surface area contributed by atoms with Crippen molar-refractivity contribution in [2.75, 3.05) is 19.7 Å². The molecule has 2 aromatic carbocycles. The maximum absolute atomic E-state index is 13.0. The van der Waals surface area contributed by atoms with Crippen molar-refractivity contribution in [1.82, 2.24) is 9.62 Å². The molecule has 7 heteroatoms. The fourth-order valence-corrected chi connectivity index (χ4v) is 5.12. The molecule has 1 heterocycles. The first-order valence-electron chi connectivity index (χ1n) is 9.93. The van der Waals surface area contributed by atoms with Crippen LogP contribution in [-0.4, -0.2) is 44.4 Å². The molecule has 1 N–H and O–H groups in total. The molecular formula is C23H26N2O4S. The Kier molecular flexibility index (Phi) is 7.14. The van der Waals surface area contributed by atoms with Crippen molar-refractivity contribution >= 4 is 15.9 Å². The molecule has 158 valence electrons. The third kappa shape index (κ3) is 5.21. The van der Waals surface area contributed by atoms with Gasteiger partial charge in [0.2, 0.25) is 15.9 Å². The Labute approximate surface area is 178 Å². The molecule has 30 heavy (non-hydrogen) atoms. The Balaban J connectivity index is 1.57. The highest BCUT2D eigenvalue weighted by Crippen LogP contribution is 2.26. The zero-order chi connectivity index (χ0) is 21.6. The van der Waals surface area contributed by atoms with Gasteiger partial charge in [-0.1, -0.05) is 35.7 Å². The standard InChI is InChI=1S/C23H26N2O4S/c1-3-17-29-20-10-8-19(9-11-20)14-15-24-23(26)22-5-4-16-25(22)30(27,28)21-12-6-18(2)7-13-21/h1,6-13,22H,4-5,14-17H2,2H3,(H,24,26)/t22-/m0/s1. The van der Waals surface area contributed by atoms with E-state index in [-0.39, 0.29) is 17.4 Å². The van der Waals surface area contributed by atoms with Gasteiger partial charge in [0.05, 0.1) is 4.90 Å². The maximum Gasteiger partial charge on any atom is 0.243 e. The summed E-state index contributed by atoms with van der Waals surface area (Å²) in [6, 6.07) is 13.5. The van der Waals surface area contributed by atoms with Crippen LogP contribution in [0.2, 0.25) is 0 Å². The van der Waals surface area contributed by atoms with Gasteiger partial charge in [0.15, 0.2) is 0 Å². The van der Waals surface area contributed by atoms with E-state index in [0.29, 0.717) is 38.1 Å². The third-order valence-corrected chi connectivity index (χ3v) is 7.01. The molecule has 0 unspecified atom stereocenters. The average Bonchev–Trinajstić information content (AvgIpc) is 3.24. The van der Waals surface area contributed by atoms with Crippen LogP contribution < -0.4 is 10.1 Å². The summed E-state index contributed by atoms with van der Waals surface area (Å²) >= 11 is 0. The van der Waals surface area contributed by atoms with Gasteiger partial charge in [0.1, 0.15) is 18.4 Å². The van der Waals surface area contributed by atoms with Crippen LogP contribution in [0.25, 0.3) is 0 Å². The van der Waals surface area contributed by atoms with Crippen LogP contribution >= 0.6 is 0 Å². The number of hydrogen-bond acceptors (Lipinski definition) is 4. The molecule has 0 radical (unpaired) electrons. The van der Waals surface area contributed by atoms with Crippen molar-refractivity contribution in [2.45, 2.75) is 37.1 Å². The fraction of sp³-hybridized carbons (Fsp3) is 0.348. The molecule has 1 amide bonds. The van der Waals surface area contributed by atoms with Crippen molar-refractivity contribution < 1.29 is 17.9 Å². The van der Waals surface area contributed by atoms with Crippen molar-refractivity contribution in [3.8, 4) is 18.1 Å². The summed E-state index contributed by atoms with van der Waals surface area (Å²) in [5.41, 5.74) is 2.03. The van der Waals surface area contributed by atoms with E-state index in [1.165, 1.54) is 4.31 Å². The second-order valence-electron chi connectivity index (χ2n) is 7.26. The number of ether oxygens (including phenoxy) is 1. The predicted octanol–water partition coefficient (Wildman–Crippen LogP) is 2.52. The van der Waals surface area contributed by atoms with Gasteiger partial charge in [0.25, 0.3) is 0 Å². The van der Waals surface area contributed by atoms with Crippen LogP contribution in [0.4, 0.5) is 0 Å². The second kappa shape index (κ2) is 9.79. The first-order chi connectivity index (χ1) is 14.4. The lowest BCUT2D eigenvalue weighted by Gasteiger charge is -2.23. The highest BCUT2D eigenvalue weighted by atomic mass is 32.2. The van der Waals surface area contributed by atoms with Crippen LogP contribution in [0.5, 0.6) is 5.75 Å². The Bertz CT molecular complexity index is 1010.